The van der Waals surface area contributed by atoms with Crippen molar-refractivity contribution in [3.8, 4) is 0 Å². The minimum absolute atomic E-state index is 0.00544. The summed E-state index contributed by atoms with van der Waals surface area (Å²) in [7, 11) is 0. The lowest BCUT2D eigenvalue weighted by Crippen LogP contribution is -2.21. The number of fused-ring (bicyclic) bond motifs is 1. The Kier molecular flexibility index (Phi) is 3.63. The molecule has 21 heavy (non-hydrogen) atoms. The van der Waals surface area contributed by atoms with Crippen LogP contribution >= 0.6 is 11.3 Å². The van der Waals surface area contributed by atoms with Crippen molar-refractivity contribution in [3.63, 3.8) is 0 Å². The van der Waals surface area contributed by atoms with Gasteiger partial charge in [-0.25, -0.2) is 4.98 Å². The van der Waals surface area contributed by atoms with Gasteiger partial charge in [-0.05, 0) is 43.9 Å². The van der Waals surface area contributed by atoms with Gasteiger partial charge in [0.2, 0.25) is 0 Å². The molecule has 3 rings (SSSR count). The first-order valence-corrected chi connectivity index (χ1v) is 7.69. The molecule has 1 fully saturated rings. The summed E-state index contributed by atoms with van der Waals surface area (Å²) in [6.07, 6.45) is 1.74. The van der Waals surface area contributed by atoms with Crippen LogP contribution in [0.3, 0.4) is 0 Å². The van der Waals surface area contributed by atoms with Crippen LogP contribution in [0.1, 0.15) is 24.0 Å². The molecule has 1 aliphatic rings. The first-order valence-electron chi connectivity index (χ1n) is 6.87. The van der Waals surface area contributed by atoms with Crippen LogP contribution in [0.5, 0.6) is 0 Å². The summed E-state index contributed by atoms with van der Waals surface area (Å²) >= 11 is 1.42. The number of benzene rings is 1. The van der Waals surface area contributed by atoms with E-state index in [4.69, 9.17) is 4.74 Å². The molecule has 0 radical (unpaired) electrons. The van der Waals surface area contributed by atoms with Crippen LogP contribution in [0.25, 0.3) is 10.2 Å². The van der Waals surface area contributed by atoms with Gasteiger partial charge in [-0.1, -0.05) is 17.4 Å². The minimum atomic E-state index is -0.350. The highest BCUT2D eigenvalue weighted by atomic mass is 32.1. The van der Waals surface area contributed by atoms with Crippen LogP contribution in [0, 0.1) is 19.8 Å². The number of amides is 1. The van der Waals surface area contributed by atoms with E-state index in [1.54, 1.807) is 0 Å². The van der Waals surface area contributed by atoms with Crippen molar-refractivity contribution in [2.24, 2.45) is 5.92 Å². The number of carbonyl (C=O) groups excluding carboxylic acids is 2. The van der Waals surface area contributed by atoms with Gasteiger partial charge >= 0.3 is 5.97 Å². The molecule has 1 aromatic carbocycles. The summed E-state index contributed by atoms with van der Waals surface area (Å²) < 4.78 is 5.98. The van der Waals surface area contributed by atoms with Gasteiger partial charge < -0.3 is 4.74 Å². The lowest BCUT2D eigenvalue weighted by Gasteiger charge is -2.03. The molecule has 0 spiro atoms. The zero-order valence-corrected chi connectivity index (χ0v) is 12.8. The van der Waals surface area contributed by atoms with Crippen molar-refractivity contribution >= 4 is 38.6 Å². The van der Waals surface area contributed by atoms with Crippen molar-refractivity contribution in [3.05, 3.63) is 23.3 Å². The lowest BCUT2D eigenvalue weighted by molar-refractivity contribution is -0.148. The van der Waals surface area contributed by atoms with E-state index in [2.05, 4.69) is 16.4 Å². The Hall–Kier alpha value is -1.95. The molecule has 6 heteroatoms. The number of ether oxygens (including phenoxy) is 1. The highest BCUT2D eigenvalue weighted by molar-refractivity contribution is 7.22. The third-order valence-electron chi connectivity index (χ3n) is 3.33. The molecule has 0 saturated heterocycles. The summed E-state index contributed by atoms with van der Waals surface area (Å²) in [5.74, 6) is -0.621. The zero-order chi connectivity index (χ0) is 15.0. The standard InChI is InChI=1S/C15H16N2O3S/c1-8-5-9(2)13-11(6-8)21-15(17-13)16-12(18)7-20-14(19)10-3-4-10/h5-6,10H,3-4,7H2,1-2H3,(H,16,17,18). The van der Waals surface area contributed by atoms with Crippen LogP contribution in [-0.4, -0.2) is 23.5 Å². The van der Waals surface area contributed by atoms with E-state index in [0.717, 1.165) is 28.6 Å². The summed E-state index contributed by atoms with van der Waals surface area (Å²) in [6, 6.07) is 4.11. The molecule has 5 nitrogen and oxygen atoms in total. The van der Waals surface area contributed by atoms with E-state index in [0.29, 0.717) is 5.13 Å². The second-order valence-corrected chi connectivity index (χ2v) is 6.41. The van der Waals surface area contributed by atoms with E-state index < -0.39 is 0 Å². The summed E-state index contributed by atoms with van der Waals surface area (Å²) in [4.78, 5) is 27.6. The fourth-order valence-corrected chi connectivity index (χ4v) is 3.21. The number of esters is 1. The Labute approximate surface area is 126 Å². The first-order chi connectivity index (χ1) is 10.0. The predicted molar refractivity (Wildman–Crippen MR) is 81.4 cm³/mol. The number of anilines is 1. The number of carbonyl (C=O) groups is 2. The number of nitrogens with one attached hydrogen (secondary N) is 1. The van der Waals surface area contributed by atoms with Gasteiger partial charge in [-0.2, -0.15) is 0 Å². The largest absolute Gasteiger partial charge is 0.455 e. The number of aromatic nitrogens is 1. The lowest BCUT2D eigenvalue weighted by atomic mass is 10.1. The Morgan fingerprint density at radius 3 is 2.86 bits per heavy atom. The van der Waals surface area contributed by atoms with E-state index in [9.17, 15) is 9.59 Å². The maximum atomic E-state index is 11.8. The highest BCUT2D eigenvalue weighted by Crippen LogP contribution is 2.30. The van der Waals surface area contributed by atoms with E-state index in [1.807, 2.05) is 19.9 Å². The van der Waals surface area contributed by atoms with Gasteiger partial charge in [0.15, 0.2) is 11.7 Å². The molecule has 1 heterocycles. The fraction of sp³-hybridized carbons (Fsp3) is 0.400. The molecule has 110 valence electrons. The SMILES string of the molecule is Cc1cc(C)c2nc(NC(=O)COC(=O)C3CC3)sc2c1. The van der Waals surface area contributed by atoms with E-state index in [1.165, 1.54) is 16.9 Å². The predicted octanol–water partition coefficient (Wildman–Crippen LogP) is 2.80. The smallest absolute Gasteiger partial charge is 0.309 e. The average molecular weight is 304 g/mol. The average Bonchev–Trinajstić information content (AvgIpc) is 3.18. The minimum Gasteiger partial charge on any atom is -0.455 e. The zero-order valence-electron chi connectivity index (χ0n) is 11.9. The molecule has 1 aromatic heterocycles. The molecule has 0 bridgehead atoms. The van der Waals surface area contributed by atoms with Gasteiger partial charge in [0.05, 0.1) is 16.1 Å². The van der Waals surface area contributed by atoms with Crippen molar-refractivity contribution in [1.29, 1.82) is 0 Å². The van der Waals surface area contributed by atoms with Gasteiger partial charge in [0, 0.05) is 0 Å². The van der Waals surface area contributed by atoms with Crippen LogP contribution < -0.4 is 5.32 Å². The third-order valence-corrected chi connectivity index (χ3v) is 4.25. The van der Waals surface area contributed by atoms with Gasteiger partial charge in [-0.3, -0.25) is 14.9 Å². The molecule has 0 aliphatic heterocycles. The molecule has 1 aliphatic carbocycles. The Bertz CT molecular complexity index is 719. The van der Waals surface area contributed by atoms with E-state index >= 15 is 0 Å². The number of hydrogen-bond acceptors (Lipinski definition) is 5. The number of thiazole rings is 1. The fourth-order valence-electron chi connectivity index (χ4n) is 2.15. The molecule has 1 amide bonds. The Balaban J connectivity index is 1.65. The van der Waals surface area contributed by atoms with Crippen molar-refractivity contribution in [1.82, 2.24) is 4.98 Å². The summed E-state index contributed by atoms with van der Waals surface area (Å²) in [6.45, 7) is 3.78. The maximum Gasteiger partial charge on any atom is 0.309 e. The van der Waals surface area contributed by atoms with Crippen molar-refractivity contribution < 1.29 is 14.3 Å². The van der Waals surface area contributed by atoms with Crippen LogP contribution in [0.2, 0.25) is 0 Å². The Morgan fingerprint density at radius 2 is 2.14 bits per heavy atom. The quantitative estimate of drug-likeness (QED) is 0.882. The number of nitrogens with zero attached hydrogens (tertiary/aromatic N) is 1. The Morgan fingerprint density at radius 1 is 1.38 bits per heavy atom. The van der Waals surface area contributed by atoms with Crippen LogP contribution in [0.4, 0.5) is 5.13 Å². The summed E-state index contributed by atoms with van der Waals surface area (Å²) in [5, 5.41) is 3.22. The van der Waals surface area contributed by atoms with Gasteiger partial charge in [-0.15, -0.1) is 0 Å². The number of hydrogen-bond donors (Lipinski definition) is 1. The van der Waals surface area contributed by atoms with Crippen molar-refractivity contribution in [2.75, 3.05) is 11.9 Å². The molecule has 2 aromatic rings. The summed E-state index contributed by atoms with van der Waals surface area (Å²) in [5.41, 5.74) is 3.15. The highest BCUT2D eigenvalue weighted by Gasteiger charge is 2.31. The third kappa shape index (κ3) is 3.21. The number of rotatable bonds is 4. The molecule has 0 unspecified atom stereocenters. The molecular formula is C15H16N2O3S. The normalized spacial score (nSPS) is 14.2. The monoisotopic (exact) mass is 304 g/mol. The maximum absolute atomic E-state index is 11.8. The van der Waals surface area contributed by atoms with Crippen molar-refractivity contribution in [2.45, 2.75) is 26.7 Å². The first kappa shape index (κ1) is 14.0. The van der Waals surface area contributed by atoms with Crippen LogP contribution in [0.15, 0.2) is 12.1 Å². The topological polar surface area (TPSA) is 68.3 Å². The molecular weight excluding hydrogens is 288 g/mol. The second kappa shape index (κ2) is 5.44. The van der Waals surface area contributed by atoms with E-state index in [-0.39, 0.29) is 24.4 Å². The molecule has 1 N–H and O–H groups in total. The second-order valence-electron chi connectivity index (χ2n) is 5.38. The molecule has 1 saturated carbocycles. The van der Waals surface area contributed by atoms with Crippen LogP contribution in [-0.2, 0) is 14.3 Å². The van der Waals surface area contributed by atoms with Gasteiger partial charge in [0.25, 0.3) is 5.91 Å². The molecule has 0 atom stereocenters. The number of aryl methyl sites for hydroxylation is 2. The van der Waals surface area contributed by atoms with Gasteiger partial charge in [0.1, 0.15) is 0 Å².